The Bertz CT molecular complexity index is 711. The van der Waals surface area contributed by atoms with E-state index in [0.717, 1.165) is 0 Å². The van der Waals surface area contributed by atoms with Crippen molar-refractivity contribution < 1.29 is 34.2 Å². The Kier molecular flexibility index (Phi) is 13.0. The average Bonchev–Trinajstić information content (AvgIpc) is 2.71. The van der Waals surface area contributed by atoms with Crippen LogP contribution in [0.1, 0.15) is 32.6 Å². The number of nitrogens with two attached hydrogens (primary N) is 4. The average molecular weight is 460 g/mol. The van der Waals surface area contributed by atoms with Gasteiger partial charge in [-0.05, 0) is 26.2 Å². The summed E-state index contributed by atoms with van der Waals surface area (Å²) in [5.41, 5.74) is 21.2. The fraction of sp³-hybridized carbons (Fsp3) is 0.647. The van der Waals surface area contributed by atoms with E-state index in [9.17, 15) is 29.1 Å². The SMILES string of the molecule is CC(NC(=O)C(CO)NC(=O)C(CCCN=C(N)N)NC(=O)C(N)CCC(N)=O)C(=O)O. The zero-order chi connectivity index (χ0) is 24.8. The van der Waals surface area contributed by atoms with E-state index in [1.807, 2.05) is 0 Å². The number of primary amides is 1. The molecule has 0 aliphatic heterocycles. The number of rotatable bonds is 15. The summed E-state index contributed by atoms with van der Waals surface area (Å²) in [7, 11) is 0. The number of hydrogen-bond acceptors (Lipinski definition) is 8. The van der Waals surface area contributed by atoms with E-state index in [2.05, 4.69) is 20.9 Å². The molecule has 4 unspecified atom stereocenters. The van der Waals surface area contributed by atoms with Gasteiger partial charge in [0, 0.05) is 13.0 Å². The first-order chi connectivity index (χ1) is 14.9. The summed E-state index contributed by atoms with van der Waals surface area (Å²) >= 11 is 0. The molecular formula is C17H32N8O7. The molecule has 0 heterocycles. The minimum absolute atomic E-state index is 0.0434. The third-order valence-electron chi connectivity index (χ3n) is 4.16. The van der Waals surface area contributed by atoms with Crippen LogP contribution in [-0.2, 0) is 24.0 Å². The highest BCUT2D eigenvalue weighted by Crippen LogP contribution is 2.03. The Balaban J connectivity index is 5.22. The quantitative estimate of drug-likeness (QED) is 0.0638. The number of aliphatic carboxylic acids is 1. The maximum Gasteiger partial charge on any atom is 0.325 e. The standard InChI is InChI=1S/C17H32N8O7/c1-8(16(31)32)23-15(30)11(7-26)25-14(29)10(3-2-6-22-17(20)21)24-13(28)9(18)4-5-12(19)27/h8-11,26H,2-7,18H2,1H3,(H2,19,27)(H,23,30)(H,24,28)(H,25,29)(H,31,32)(H4,20,21,22). The second kappa shape index (κ2) is 14.5. The predicted molar refractivity (Wildman–Crippen MR) is 113 cm³/mol. The molecule has 13 N–H and O–H groups in total. The van der Waals surface area contributed by atoms with Crippen molar-refractivity contribution in [3.05, 3.63) is 0 Å². The largest absolute Gasteiger partial charge is 0.480 e. The molecule has 0 rings (SSSR count). The molecule has 32 heavy (non-hydrogen) atoms. The Hall–Kier alpha value is -3.46. The van der Waals surface area contributed by atoms with Crippen LogP contribution >= 0.6 is 0 Å². The van der Waals surface area contributed by atoms with Crippen LogP contribution in [0.15, 0.2) is 4.99 Å². The van der Waals surface area contributed by atoms with Crippen molar-refractivity contribution in [1.82, 2.24) is 16.0 Å². The number of amides is 4. The van der Waals surface area contributed by atoms with Crippen molar-refractivity contribution in [2.75, 3.05) is 13.2 Å². The molecule has 182 valence electrons. The summed E-state index contributed by atoms with van der Waals surface area (Å²) < 4.78 is 0. The summed E-state index contributed by atoms with van der Waals surface area (Å²) in [5, 5.41) is 25.1. The lowest BCUT2D eigenvalue weighted by Gasteiger charge is -2.23. The summed E-state index contributed by atoms with van der Waals surface area (Å²) in [6, 6.07) is -5.03. The highest BCUT2D eigenvalue weighted by atomic mass is 16.4. The van der Waals surface area contributed by atoms with E-state index in [4.69, 9.17) is 28.0 Å². The van der Waals surface area contributed by atoms with Gasteiger partial charge in [-0.15, -0.1) is 0 Å². The molecule has 0 aliphatic rings. The van der Waals surface area contributed by atoms with E-state index in [-0.39, 0.29) is 38.2 Å². The second-order valence-electron chi connectivity index (χ2n) is 6.93. The van der Waals surface area contributed by atoms with Crippen LogP contribution in [0.25, 0.3) is 0 Å². The first-order valence-corrected chi connectivity index (χ1v) is 9.73. The Morgan fingerprint density at radius 3 is 1.97 bits per heavy atom. The van der Waals surface area contributed by atoms with Gasteiger partial charge in [-0.25, -0.2) is 0 Å². The van der Waals surface area contributed by atoms with Crippen molar-refractivity contribution >= 4 is 35.6 Å². The summed E-state index contributed by atoms with van der Waals surface area (Å²) in [5.74, 6) is -4.61. The maximum atomic E-state index is 12.7. The predicted octanol–water partition coefficient (Wildman–Crippen LogP) is -4.82. The van der Waals surface area contributed by atoms with Crippen molar-refractivity contribution in [1.29, 1.82) is 0 Å². The first-order valence-electron chi connectivity index (χ1n) is 9.73. The first kappa shape index (κ1) is 28.5. The Labute approximate surface area is 184 Å². The number of hydrogen-bond donors (Lipinski definition) is 9. The molecule has 0 aliphatic carbocycles. The van der Waals surface area contributed by atoms with Gasteiger partial charge < -0.3 is 49.1 Å². The molecule has 0 aromatic carbocycles. The van der Waals surface area contributed by atoms with Gasteiger partial charge in [-0.1, -0.05) is 0 Å². The molecule has 0 saturated carbocycles. The zero-order valence-electron chi connectivity index (χ0n) is 17.7. The molecule has 0 spiro atoms. The normalized spacial score (nSPS) is 14.2. The minimum atomic E-state index is -1.47. The van der Waals surface area contributed by atoms with Crippen LogP contribution in [0.4, 0.5) is 0 Å². The van der Waals surface area contributed by atoms with Crippen LogP contribution < -0.4 is 38.9 Å². The number of nitrogens with one attached hydrogen (secondary N) is 3. The van der Waals surface area contributed by atoms with Crippen LogP contribution in [0, 0.1) is 0 Å². The molecule has 0 bridgehead atoms. The highest BCUT2D eigenvalue weighted by Gasteiger charge is 2.28. The third-order valence-corrected chi connectivity index (χ3v) is 4.16. The lowest BCUT2D eigenvalue weighted by atomic mass is 10.1. The monoisotopic (exact) mass is 460 g/mol. The minimum Gasteiger partial charge on any atom is -0.480 e. The third kappa shape index (κ3) is 11.7. The molecular weight excluding hydrogens is 428 g/mol. The number of carboxylic acids is 1. The topological polar surface area (TPSA) is 278 Å². The number of carbonyl (C=O) groups is 5. The fourth-order valence-electron chi connectivity index (χ4n) is 2.32. The second-order valence-corrected chi connectivity index (χ2v) is 6.93. The Morgan fingerprint density at radius 2 is 1.47 bits per heavy atom. The van der Waals surface area contributed by atoms with Gasteiger partial charge in [0.05, 0.1) is 12.6 Å². The van der Waals surface area contributed by atoms with Crippen LogP contribution in [0.5, 0.6) is 0 Å². The van der Waals surface area contributed by atoms with Gasteiger partial charge in [0.25, 0.3) is 0 Å². The van der Waals surface area contributed by atoms with E-state index in [1.165, 1.54) is 6.92 Å². The molecule has 0 saturated heterocycles. The molecule has 0 radical (unpaired) electrons. The van der Waals surface area contributed by atoms with Crippen LogP contribution in [0.3, 0.4) is 0 Å². The van der Waals surface area contributed by atoms with E-state index >= 15 is 0 Å². The number of aliphatic imine (C=N–C) groups is 1. The zero-order valence-corrected chi connectivity index (χ0v) is 17.7. The number of aliphatic hydroxyl groups excluding tert-OH is 1. The molecule has 4 atom stereocenters. The smallest absolute Gasteiger partial charge is 0.325 e. The van der Waals surface area contributed by atoms with Crippen LogP contribution in [0.2, 0.25) is 0 Å². The fourth-order valence-corrected chi connectivity index (χ4v) is 2.32. The van der Waals surface area contributed by atoms with Crippen molar-refractivity contribution in [3.63, 3.8) is 0 Å². The lowest BCUT2D eigenvalue weighted by Crippen LogP contribution is -2.57. The van der Waals surface area contributed by atoms with Gasteiger partial charge in [0.1, 0.15) is 18.1 Å². The van der Waals surface area contributed by atoms with Crippen LogP contribution in [-0.4, -0.2) is 83.1 Å². The molecule has 0 fully saturated rings. The van der Waals surface area contributed by atoms with E-state index in [1.54, 1.807) is 0 Å². The molecule has 4 amide bonds. The van der Waals surface area contributed by atoms with Gasteiger partial charge in [0.15, 0.2) is 5.96 Å². The van der Waals surface area contributed by atoms with E-state index in [0.29, 0.717) is 0 Å². The summed E-state index contributed by atoms with van der Waals surface area (Å²) in [6.07, 6.45) is 0.129. The molecule has 15 heteroatoms. The molecule has 0 aromatic heterocycles. The van der Waals surface area contributed by atoms with E-state index < -0.39 is 60.4 Å². The Morgan fingerprint density at radius 1 is 0.906 bits per heavy atom. The van der Waals surface area contributed by atoms with Crippen molar-refractivity contribution in [3.8, 4) is 0 Å². The van der Waals surface area contributed by atoms with Crippen molar-refractivity contribution in [2.24, 2.45) is 27.9 Å². The highest BCUT2D eigenvalue weighted by molar-refractivity contribution is 5.94. The number of aliphatic hydroxyl groups is 1. The molecule has 0 aromatic rings. The number of guanidine groups is 1. The number of nitrogens with zero attached hydrogens (tertiary/aromatic N) is 1. The van der Waals surface area contributed by atoms with Gasteiger partial charge in [-0.3, -0.25) is 29.0 Å². The maximum absolute atomic E-state index is 12.7. The number of carbonyl (C=O) groups excluding carboxylic acids is 4. The summed E-state index contributed by atoms with van der Waals surface area (Å²) in [6.45, 7) is 0.531. The number of carboxylic acid groups (broad SMARTS) is 1. The van der Waals surface area contributed by atoms with Crippen molar-refractivity contribution in [2.45, 2.75) is 56.8 Å². The van der Waals surface area contributed by atoms with Gasteiger partial charge >= 0.3 is 5.97 Å². The molecule has 15 nitrogen and oxygen atoms in total. The lowest BCUT2D eigenvalue weighted by molar-refractivity contribution is -0.142. The summed E-state index contributed by atoms with van der Waals surface area (Å²) in [4.78, 5) is 62.6. The van der Waals surface area contributed by atoms with Gasteiger partial charge in [-0.2, -0.15) is 0 Å². The van der Waals surface area contributed by atoms with Gasteiger partial charge in [0.2, 0.25) is 23.6 Å².